The zero-order chi connectivity index (χ0) is 11.8. The first kappa shape index (κ1) is 9.77. The van der Waals surface area contributed by atoms with E-state index in [1.807, 2.05) is 30.3 Å². The summed E-state index contributed by atoms with van der Waals surface area (Å²) in [7, 11) is 0. The number of imidazole rings is 1. The number of nitrogens with one attached hydrogen (secondary N) is 1. The SMILES string of the molecule is Cc1nc2ncn(-c3ccccc3)c2c(=O)[nH]1. The van der Waals surface area contributed by atoms with Crippen LogP contribution < -0.4 is 5.56 Å². The van der Waals surface area contributed by atoms with Gasteiger partial charge in [-0.3, -0.25) is 9.36 Å². The van der Waals surface area contributed by atoms with Crippen LogP contribution in [-0.4, -0.2) is 19.5 Å². The van der Waals surface area contributed by atoms with Gasteiger partial charge in [0.05, 0.1) is 0 Å². The molecular weight excluding hydrogens is 216 g/mol. The Bertz CT molecular complexity index is 727. The van der Waals surface area contributed by atoms with E-state index in [0.717, 1.165) is 5.69 Å². The Kier molecular flexibility index (Phi) is 2.04. The molecule has 0 bridgehead atoms. The van der Waals surface area contributed by atoms with Gasteiger partial charge in [0.2, 0.25) is 0 Å². The maximum atomic E-state index is 11.9. The largest absolute Gasteiger partial charge is 0.309 e. The van der Waals surface area contributed by atoms with E-state index in [1.54, 1.807) is 17.8 Å². The van der Waals surface area contributed by atoms with Crippen molar-refractivity contribution in [3.8, 4) is 5.69 Å². The van der Waals surface area contributed by atoms with E-state index < -0.39 is 0 Å². The molecule has 0 saturated heterocycles. The van der Waals surface area contributed by atoms with Gasteiger partial charge in [-0.25, -0.2) is 9.97 Å². The van der Waals surface area contributed by atoms with Crippen LogP contribution >= 0.6 is 0 Å². The van der Waals surface area contributed by atoms with Crippen LogP contribution in [0.2, 0.25) is 0 Å². The van der Waals surface area contributed by atoms with Gasteiger partial charge in [-0.15, -0.1) is 0 Å². The molecule has 0 unspecified atom stereocenters. The molecule has 3 aromatic rings. The van der Waals surface area contributed by atoms with E-state index in [2.05, 4.69) is 15.0 Å². The summed E-state index contributed by atoms with van der Waals surface area (Å²) < 4.78 is 1.74. The van der Waals surface area contributed by atoms with Crippen molar-refractivity contribution >= 4 is 11.2 Å². The summed E-state index contributed by atoms with van der Waals surface area (Å²) in [5.41, 5.74) is 1.66. The highest BCUT2D eigenvalue weighted by molar-refractivity contribution is 5.72. The minimum absolute atomic E-state index is 0.172. The number of nitrogens with zero attached hydrogens (tertiary/aromatic N) is 3. The van der Waals surface area contributed by atoms with Crippen molar-refractivity contribution in [2.24, 2.45) is 0 Å². The lowest BCUT2D eigenvalue weighted by Crippen LogP contribution is -2.12. The third-order valence-corrected chi connectivity index (χ3v) is 2.57. The lowest BCUT2D eigenvalue weighted by atomic mass is 10.3. The van der Waals surface area contributed by atoms with Crippen LogP contribution in [-0.2, 0) is 0 Å². The summed E-state index contributed by atoms with van der Waals surface area (Å²) >= 11 is 0. The number of hydrogen-bond acceptors (Lipinski definition) is 3. The first-order valence-corrected chi connectivity index (χ1v) is 5.25. The van der Waals surface area contributed by atoms with Crippen LogP contribution in [0.3, 0.4) is 0 Å². The molecule has 84 valence electrons. The van der Waals surface area contributed by atoms with Crippen molar-refractivity contribution in [2.75, 3.05) is 0 Å². The summed E-state index contributed by atoms with van der Waals surface area (Å²) in [6, 6.07) is 9.59. The zero-order valence-electron chi connectivity index (χ0n) is 9.21. The monoisotopic (exact) mass is 226 g/mol. The van der Waals surface area contributed by atoms with Gasteiger partial charge in [0.1, 0.15) is 12.2 Å². The molecule has 0 spiro atoms. The van der Waals surface area contributed by atoms with Gasteiger partial charge in [0, 0.05) is 5.69 Å². The second kappa shape index (κ2) is 3.55. The minimum Gasteiger partial charge on any atom is -0.309 e. The lowest BCUT2D eigenvalue weighted by Gasteiger charge is -2.02. The van der Waals surface area contributed by atoms with Crippen molar-refractivity contribution in [2.45, 2.75) is 6.92 Å². The Hall–Kier alpha value is -2.43. The van der Waals surface area contributed by atoms with Crippen molar-refractivity contribution in [3.05, 3.63) is 52.8 Å². The predicted octanol–water partition coefficient (Wildman–Crippen LogP) is 1.42. The van der Waals surface area contributed by atoms with Gasteiger partial charge < -0.3 is 4.98 Å². The molecule has 5 nitrogen and oxygen atoms in total. The van der Waals surface area contributed by atoms with E-state index in [0.29, 0.717) is 17.0 Å². The molecule has 5 heteroatoms. The number of aromatic amines is 1. The van der Waals surface area contributed by atoms with Crippen LogP contribution in [0, 0.1) is 6.92 Å². The Morgan fingerprint density at radius 3 is 2.76 bits per heavy atom. The summed E-state index contributed by atoms with van der Waals surface area (Å²) in [6.07, 6.45) is 1.61. The number of hydrogen-bond donors (Lipinski definition) is 1. The van der Waals surface area contributed by atoms with E-state index in [-0.39, 0.29) is 5.56 Å². The molecule has 1 aromatic carbocycles. The first-order valence-electron chi connectivity index (χ1n) is 5.25. The molecule has 3 rings (SSSR count). The minimum atomic E-state index is -0.172. The molecule has 0 aliphatic rings. The molecule has 0 atom stereocenters. The number of H-pyrrole nitrogens is 1. The second-order valence-corrected chi connectivity index (χ2v) is 3.77. The standard InChI is InChI=1S/C12H10N4O/c1-8-14-11-10(12(17)15-8)16(7-13-11)9-5-3-2-4-6-9/h2-7H,1H3,(H,14,15,17). The van der Waals surface area contributed by atoms with Crippen LogP contribution in [0.5, 0.6) is 0 Å². The van der Waals surface area contributed by atoms with E-state index in [1.165, 1.54) is 0 Å². The first-order chi connectivity index (χ1) is 8.25. The van der Waals surface area contributed by atoms with Gasteiger partial charge in [0.25, 0.3) is 5.56 Å². The zero-order valence-corrected chi connectivity index (χ0v) is 9.21. The summed E-state index contributed by atoms with van der Waals surface area (Å²) in [5, 5.41) is 0. The molecule has 0 amide bonds. The van der Waals surface area contributed by atoms with Crippen molar-refractivity contribution in [1.82, 2.24) is 19.5 Å². The third-order valence-electron chi connectivity index (χ3n) is 2.57. The highest BCUT2D eigenvalue weighted by Crippen LogP contribution is 2.12. The molecule has 0 radical (unpaired) electrons. The molecule has 0 aliphatic heterocycles. The fraction of sp³-hybridized carbons (Fsp3) is 0.0833. The van der Waals surface area contributed by atoms with Gasteiger partial charge in [0.15, 0.2) is 11.2 Å². The predicted molar refractivity (Wildman–Crippen MR) is 64.2 cm³/mol. The number of rotatable bonds is 1. The van der Waals surface area contributed by atoms with Gasteiger partial charge in [-0.2, -0.15) is 0 Å². The molecule has 2 heterocycles. The molecule has 2 aromatic heterocycles. The van der Waals surface area contributed by atoms with Crippen molar-refractivity contribution in [1.29, 1.82) is 0 Å². The highest BCUT2D eigenvalue weighted by Gasteiger charge is 2.09. The van der Waals surface area contributed by atoms with Crippen LogP contribution in [0.1, 0.15) is 5.82 Å². The second-order valence-electron chi connectivity index (χ2n) is 3.77. The number of aryl methyl sites for hydroxylation is 1. The van der Waals surface area contributed by atoms with Gasteiger partial charge >= 0.3 is 0 Å². The van der Waals surface area contributed by atoms with Gasteiger partial charge in [-0.05, 0) is 19.1 Å². The Morgan fingerprint density at radius 1 is 1.24 bits per heavy atom. The summed E-state index contributed by atoms with van der Waals surface area (Å²) in [4.78, 5) is 22.9. The van der Waals surface area contributed by atoms with E-state index in [4.69, 9.17) is 0 Å². The van der Waals surface area contributed by atoms with Crippen LogP contribution in [0.4, 0.5) is 0 Å². The number of fused-ring (bicyclic) bond motifs is 1. The average molecular weight is 226 g/mol. The maximum absolute atomic E-state index is 11.9. The maximum Gasteiger partial charge on any atom is 0.277 e. The molecular formula is C12H10N4O. The third kappa shape index (κ3) is 1.52. The topological polar surface area (TPSA) is 63.6 Å². The fourth-order valence-corrected chi connectivity index (χ4v) is 1.83. The quantitative estimate of drug-likeness (QED) is 0.682. The summed E-state index contributed by atoms with van der Waals surface area (Å²) in [6.45, 7) is 1.74. The highest BCUT2D eigenvalue weighted by atomic mass is 16.1. The number of aromatic nitrogens is 4. The van der Waals surface area contributed by atoms with Crippen LogP contribution in [0.15, 0.2) is 41.5 Å². The Labute approximate surface area is 96.8 Å². The Balaban J connectivity index is 2.37. The molecule has 0 aliphatic carbocycles. The van der Waals surface area contributed by atoms with Gasteiger partial charge in [-0.1, -0.05) is 18.2 Å². The van der Waals surface area contributed by atoms with Crippen LogP contribution in [0.25, 0.3) is 16.9 Å². The fourth-order valence-electron chi connectivity index (χ4n) is 1.83. The van der Waals surface area contributed by atoms with Crippen molar-refractivity contribution < 1.29 is 0 Å². The molecule has 0 saturated carbocycles. The van der Waals surface area contributed by atoms with E-state index in [9.17, 15) is 4.79 Å². The average Bonchev–Trinajstić information content (AvgIpc) is 2.74. The Morgan fingerprint density at radius 2 is 2.00 bits per heavy atom. The molecule has 1 N–H and O–H groups in total. The molecule has 17 heavy (non-hydrogen) atoms. The van der Waals surface area contributed by atoms with E-state index >= 15 is 0 Å². The number of benzene rings is 1. The summed E-state index contributed by atoms with van der Waals surface area (Å²) in [5.74, 6) is 0.570. The lowest BCUT2D eigenvalue weighted by molar-refractivity contribution is 1.03. The molecule has 0 fully saturated rings. The normalized spacial score (nSPS) is 10.9. The number of para-hydroxylation sites is 1. The van der Waals surface area contributed by atoms with Crippen molar-refractivity contribution in [3.63, 3.8) is 0 Å². The smallest absolute Gasteiger partial charge is 0.277 e.